The number of nitro benzene ring substituents is 1. The molecule has 0 aromatic heterocycles. The Kier molecular flexibility index (Phi) is 4.54. The highest BCUT2D eigenvalue weighted by molar-refractivity contribution is 6.36. The average molecular weight is 393 g/mol. The van der Waals surface area contributed by atoms with Gasteiger partial charge in [0.05, 0.1) is 10.6 Å². The van der Waals surface area contributed by atoms with Crippen molar-refractivity contribution in [3.8, 4) is 5.75 Å². The molecule has 1 heterocycles. The molecule has 0 atom stereocenters. The van der Waals surface area contributed by atoms with Gasteiger partial charge < -0.3 is 5.11 Å². The van der Waals surface area contributed by atoms with Crippen LogP contribution in [-0.4, -0.2) is 16.7 Å². The van der Waals surface area contributed by atoms with Crippen molar-refractivity contribution in [1.29, 1.82) is 0 Å². The van der Waals surface area contributed by atoms with Crippen molar-refractivity contribution in [2.24, 2.45) is 0 Å². The largest absolute Gasteiger partial charge is 0.867 e. The van der Waals surface area contributed by atoms with Crippen molar-refractivity contribution in [1.82, 2.24) is 5.43 Å². The lowest BCUT2D eigenvalue weighted by atomic mass is 10.1. The van der Waals surface area contributed by atoms with Gasteiger partial charge in [0.15, 0.2) is 0 Å². The summed E-state index contributed by atoms with van der Waals surface area (Å²) < 4.78 is 0. The summed E-state index contributed by atoms with van der Waals surface area (Å²) in [5, 5.41) is 24.4. The van der Waals surface area contributed by atoms with E-state index in [1.54, 1.807) is 0 Å². The van der Waals surface area contributed by atoms with E-state index in [4.69, 9.17) is 23.2 Å². The number of carbonyl (C=O) groups excluding carboxylic acids is 2. The number of anilines is 1. The van der Waals surface area contributed by atoms with Crippen LogP contribution in [0.5, 0.6) is 5.75 Å². The molecule has 0 aliphatic carbocycles. The molecule has 1 fully saturated rings. The van der Waals surface area contributed by atoms with Crippen LogP contribution >= 0.6 is 23.2 Å². The SMILES string of the molecule is O=C1NN(c2cc(Cl)cc(Cl)c2)C(=O)/C1=C\c1cccc([N+](=O)[O-])c1[O-]. The Hall–Kier alpha value is -3.10. The summed E-state index contributed by atoms with van der Waals surface area (Å²) in [6.07, 6.45) is 1.01. The first-order valence-corrected chi connectivity index (χ1v) is 7.81. The molecule has 8 nitrogen and oxygen atoms in total. The molecule has 10 heteroatoms. The third-order valence-electron chi connectivity index (χ3n) is 3.52. The second kappa shape index (κ2) is 6.66. The predicted octanol–water partition coefficient (Wildman–Crippen LogP) is 2.44. The maximum atomic E-state index is 12.5. The van der Waals surface area contributed by atoms with E-state index in [0.717, 1.165) is 17.2 Å². The van der Waals surface area contributed by atoms with Gasteiger partial charge in [0.2, 0.25) is 0 Å². The number of nitro groups is 1. The van der Waals surface area contributed by atoms with Gasteiger partial charge in [-0.15, -0.1) is 0 Å². The van der Waals surface area contributed by atoms with Crippen LogP contribution in [0.4, 0.5) is 11.4 Å². The zero-order valence-electron chi connectivity index (χ0n) is 12.7. The molecule has 0 bridgehead atoms. The van der Waals surface area contributed by atoms with Crippen molar-refractivity contribution in [2.75, 3.05) is 5.01 Å². The minimum absolute atomic E-state index is 0.149. The summed E-state index contributed by atoms with van der Waals surface area (Å²) in [6, 6.07) is 7.90. The van der Waals surface area contributed by atoms with Crippen LogP contribution in [0.3, 0.4) is 0 Å². The molecule has 1 aliphatic heterocycles. The highest BCUT2D eigenvalue weighted by atomic mass is 35.5. The summed E-state index contributed by atoms with van der Waals surface area (Å²) >= 11 is 11.8. The predicted molar refractivity (Wildman–Crippen MR) is 92.6 cm³/mol. The highest BCUT2D eigenvalue weighted by Crippen LogP contribution is 2.31. The van der Waals surface area contributed by atoms with Crippen LogP contribution < -0.4 is 15.5 Å². The molecule has 3 rings (SSSR count). The fourth-order valence-electron chi connectivity index (χ4n) is 2.36. The van der Waals surface area contributed by atoms with Crippen LogP contribution in [0, 0.1) is 10.1 Å². The summed E-state index contributed by atoms with van der Waals surface area (Å²) in [7, 11) is 0. The van der Waals surface area contributed by atoms with Gasteiger partial charge in [0, 0.05) is 16.1 Å². The molecule has 132 valence electrons. The van der Waals surface area contributed by atoms with E-state index in [1.807, 2.05) is 0 Å². The van der Waals surface area contributed by atoms with Crippen LogP contribution in [0.25, 0.3) is 6.08 Å². The smallest absolute Gasteiger partial charge is 0.282 e. The van der Waals surface area contributed by atoms with Crippen LogP contribution in [0.2, 0.25) is 10.0 Å². The zero-order valence-corrected chi connectivity index (χ0v) is 14.2. The summed E-state index contributed by atoms with van der Waals surface area (Å²) in [4.78, 5) is 34.7. The second-order valence-corrected chi connectivity index (χ2v) is 6.09. The van der Waals surface area contributed by atoms with E-state index in [-0.39, 0.29) is 26.9 Å². The second-order valence-electron chi connectivity index (χ2n) is 5.22. The number of benzene rings is 2. The molecule has 26 heavy (non-hydrogen) atoms. The number of hydrogen-bond acceptors (Lipinski definition) is 5. The Morgan fingerprint density at radius 3 is 2.38 bits per heavy atom. The summed E-state index contributed by atoms with van der Waals surface area (Å²) in [5.74, 6) is -2.41. The summed E-state index contributed by atoms with van der Waals surface area (Å²) in [5.41, 5.74) is 1.41. The minimum atomic E-state index is -0.894. The van der Waals surface area contributed by atoms with Gasteiger partial charge in [-0.05, 0) is 35.6 Å². The Morgan fingerprint density at radius 1 is 1.12 bits per heavy atom. The lowest BCUT2D eigenvalue weighted by molar-refractivity contribution is -0.398. The first-order chi connectivity index (χ1) is 12.3. The van der Waals surface area contributed by atoms with Crippen molar-refractivity contribution in [2.45, 2.75) is 0 Å². The van der Waals surface area contributed by atoms with E-state index in [9.17, 15) is 24.8 Å². The van der Waals surface area contributed by atoms with Gasteiger partial charge >= 0.3 is 0 Å². The van der Waals surface area contributed by atoms with Crippen molar-refractivity contribution in [3.05, 3.63) is 67.7 Å². The van der Waals surface area contributed by atoms with Crippen molar-refractivity contribution >= 4 is 52.5 Å². The molecule has 0 saturated carbocycles. The lowest BCUT2D eigenvalue weighted by Crippen LogP contribution is -2.35. The first kappa shape index (κ1) is 17.7. The Bertz CT molecular complexity index is 970. The molecule has 1 saturated heterocycles. The number of nitrogens with one attached hydrogen (secondary N) is 1. The topological polar surface area (TPSA) is 116 Å². The quantitative estimate of drug-likeness (QED) is 0.372. The number of amides is 2. The molecule has 1 aliphatic rings. The lowest BCUT2D eigenvalue weighted by Gasteiger charge is -2.15. The molecule has 2 amide bonds. The van der Waals surface area contributed by atoms with Crippen LogP contribution in [0.15, 0.2) is 42.0 Å². The van der Waals surface area contributed by atoms with E-state index in [2.05, 4.69) is 5.43 Å². The van der Waals surface area contributed by atoms with Crippen LogP contribution in [0.1, 0.15) is 5.56 Å². The van der Waals surface area contributed by atoms with Crippen LogP contribution in [-0.2, 0) is 9.59 Å². The molecule has 2 aromatic carbocycles. The van der Waals surface area contributed by atoms with E-state index in [0.29, 0.717) is 0 Å². The first-order valence-electron chi connectivity index (χ1n) is 7.05. The Morgan fingerprint density at radius 2 is 1.77 bits per heavy atom. The number of rotatable bonds is 3. The van der Waals surface area contributed by atoms with E-state index in [1.165, 1.54) is 30.3 Å². The fourth-order valence-corrected chi connectivity index (χ4v) is 2.88. The zero-order chi connectivity index (χ0) is 19.0. The Labute approximate surface area is 156 Å². The molecule has 0 radical (unpaired) electrons. The number of halogens is 2. The van der Waals surface area contributed by atoms with Gasteiger partial charge in [-0.2, -0.15) is 0 Å². The number of hydrazine groups is 1. The monoisotopic (exact) mass is 392 g/mol. The number of para-hydroxylation sites is 1. The van der Waals surface area contributed by atoms with Gasteiger partial charge in [0.25, 0.3) is 17.5 Å². The molecule has 0 spiro atoms. The molecular formula is C16H8Cl2N3O5-. The van der Waals surface area contributed by atoms with Gasteiger partial charge in [-0.1, -0.05) is 35.3 Å². The van der Waals surface area contributed by atoms with E-state index >= 15 is 0 Å². The molecule has 0 unspecified atom stereocenters. The summed E-state index contributed by atoms with van der Waals surface area (Å²) in [6.45, 7) is 0. The normalized spacial score (nSPS) is 15.5. The fraction of sp³-hybridized carbons (Fsp3) is 0. The highest BCUT2D eigenvalue weighted by Gasteiger charge is 2.34. The van der Waals surface area contributed by atoms with Gasteiger partial charge in [-0.25, -0.2) is 5.01 Å². The number of nitrogens with zero attached hydrogens (tertiary/aromatic N) is 2. The number of carbonyl (C=O) groups is 2. The molecule has 1 N–H and O–H groups in total. The van der Waals surface area contributed by atoms with Gasteiger partial charge in [0.1, 0.15) is 5.57 Å². The maximum absolute atomic E-state index is 12.5. The Balaban J connectivity index is 2.01. The third-order valence-corrected chi connectivity index (χ3v) is 3.95. The van der Waals surface area contributed by atoms with E-state index < -0.39 is 28.2 Å². The third kappa shape index (κ3) is 3.19. The standard InChI is InChI=1S/C16H9Cl2N3O5/c17-9-5-10(18)7-11(6-9)20-16(24)12(15(23)19-20)4-8-2-1-3-13(14(8)22)21(25)26/h1-7,22H,(H,19,23)/p-1/b12-4-. The van der Waals surface area contributed by atoms with Gasteiger partial charge in [-0.3, -0.25) is 25.1 Å². The molecular weight excluding hydrogens is 385 g/mol. The molecule has 2 aromatic rings. The average Bonchev–Trinajstić information content (AvgIpc) is 2.83. The van der Waals surface area contributed by atoms with Crippen molar-refractivity contribution in [3.63, 3.8) is 0 Å². The maximum Gasteiger partial charge on any atom is 0.282 e. The van der Waals surface area contributed by atoms with Crippen molar-refractivity contribution < 1.29 is 19.6 Å². The number of hydrogen-bond donors (Lipinski definition) is 1. The minimum Gasteiger partial charge on any atom is -0.867 e.